The Morgan fingerprint density at radius 2 is 2.22 bits per heavy atom. The molecule has 18 heavy (non-hydrogen) atoms. The minimum Gasteiger partial charge on any atom is -0.460 e. The normalized spacial score (nSPS) is 23.3. The van der Waals surface area contributed by atoms with Crippen LogP contribution < -0.4 is 0 Å². The van der Waals surface area contributed by atoms with Gasteiger partial charge in [-0.3, -0.25) is 0 Å². The van der Waals surface area contributed by atoms with Crippen LogP contribution in [0.4, 0.5) is 0 Å². The van der Waals surface area contributed by atoms with E-state index in [0.717, 1.165) is 31.6 Å². The monoisotopic (exact) mass is 251 g/mol. The lowest BCUT2D eigenvalue weighted by Crippen LogP contribution is -2.05. The Labute approximate surface area is 105 Å². The summed E-state index contributed by atoms with van der Waals surface area (Å²) in [7, 11) is 0. The zero-order valence-corrected chi connectivity index (χ0v) is 10.5. The molecule has 1 unspecified atom stereocenters. The number of hydrogen-bond donors (Lipinski definition) is 0. The largest absolute Gasteiger partial charge is 0.460 e. The van der Waals surface area contributed by atoms with E-state index in [0.29, 0.717) is 30.8 Å². The first-order valence-corrected chi connectivity index (χ1v) is 6.55. The van der Waals surface area contributed by atoms with Gasteiger partial charge in [-0.15, -0.1) is 0 Å². The molecule has 98 valence electrons. The molecule has 1 aliphatic carbocycles. The third-order valence-corrected chi connectivity index (χ3v) is 3.37. The number of oxazole rings is 1. The molecule has 5 heteroatoms. The minimum absolute atomic E-state index is 0.186. The van der Waals surface area contributed by atoms with E-state index >= 15 is 0 Å². The zero-order valence-electron chi connectivity index (χ0n) is 10.5. The van der Waals surface area contributed by atoms with Gasteiger partial charge in [0.05, 0.1) is 24.8 Å². The zero-order chi connectivity index (χ0) is 12.5. The van der Waals surface area contributed by atoms with E-state index in [1.165, 1.54) is 0 Å². The molecule has 1 aromatic rings. The van der Waals surface area contributed by atoms with Crippen LogP contribution in [0.15, 0.2) is 4.42 Å². The molecule has 0 amide bonds. The quantitative estimate of drug-likeness (QED) is 0.768. The highest BCUT2D eigenvalue weighted by Crippen LogP contribution is 2.42. The SMILES string of the molecule is CCOC(=O)c1oc(C2CCOC2)nc1C1CC1. The summed E-state index contributed by atoms with van der Waals surface area (Å²) in [6, 6.07) is 0. The molecular weight excluding hydrogens is 234 g/mol. The van der Waals surface area contributed by atoms with Crippen LogP contribution >= 0.6 is 0 Å². The summed E-state index contributed by atoms with van der Waals surface area (Å²) >= 11 is 0. The Morgan fingerprint density at radius 3 is 2.83 bits per heavy atom. The minimum atomic E-state index is -0.392. The lowest BCUT2D eigenvalue weighted by molar-refractivity contribution is 0.0485. The van der Waals surface area contributed by atoms with Crippen molar-refractivity contribution in [2.75, 3.05) is 19.8 Å². The second-order valence-electron chi connectivity index (χ2n) is 4.82. The number of esters is 1. The number of hydrogen-bond acceptors (Lipinski definition) is 5. The molecular formula is C13H17NO4. The average molecular weight is 251 g/mol. The summed E-state index contributed by atoms with van der Waals surface area (Å²) in [6.07, 6.45) is 3.08. The third-order valence-electron chi connectivity index (χ3n) is 3.37. The van der Waals surface area contributed by atoms with Crippen molar-refractivity contribution in [2.24, 2.45) is 0 Å². The van der Waals surface area contributed by atoms with Gasteiger partial charge in [-0.1, -0.05) is 0 Å². The van der Waals surface area contributed by atoms with Gasteiger partial charge in [-0.25, -0.2) is 9.78 Å². The molecule has 2 aliphatic rings. The summed E-state index contributed by atoms with van der Waals surface area (Å²) < 4.78 is 16.0. The number of ether oxygens (including phenoxy) is 2. The second-order valence-corrected chi connectivity index (χ2v) is 4.82. The van der Waals surface area contributed by atoms with E-state index in [1.807, 2.05) is 0 Å². The van der Waals surface area contributed by atoms with Crippen molar-refractivity contribution < 1.29 is 18.7 Å². The summed E-state index contributed by atoms with van der Waals surface area (Å²) in [4.78, 5) is 16.3. The number of carbonyl (C=O) groups is 1. The third kappa shape index (κ3) is 2.14. The van der Waals surface area contributed by atoms with Gasteiger partial charge in [-0.2, -0.15) is 0 Å². The molecule has 1 aromatic heterocycles. The van der Waals surface area contributed by atoms with Gasteiger partial charge in [0.15, 0.2) is 0 Å². The standard InChI is InChI=1S/C13H17NO4/c1-2-17-13(15)11-10(8-3-4-8)14-12(18-11)9-5-6-16-7-9/h8-9H,2-7H2,1H3. The summed E-state index contributed by atoms with van der Waals surface area (Å²) in [6.45, 7) is 3.51. The van der Waals surface area contributed by atoms with Gasteiger partial charge in [0.25, 0.3) is 0 Å². The van der Waals surface area contributed by atoms with Crippen LogP contribution in [-0.2, 0) is 9.47 Å². The van der Waals surface area contributed by atoms with Crippen molar-refractivity contribution in [1.29, 1.82) is 0 Å². The number of carbonyl (C=O) groups excluding carboxylic acids is 1. The molecule has 1 atom stereocenters. The molecule has 0 bridgehead atoms. The van der Waals surface area contributed by atoms with Gasteiger partial charge in [-0.05, 0) is 26.2 Å². The van der Waals surface area contributed by atoms with Crippen molar-refractivity contribution in [2.45, 2.75) is 38.0 Å². The highest BCUT2D eigenvalue weighted by Gasteiger charge is 2.36. The maximum atomic E-state index is 11.8. The van der Waals surface area contributed by atoms with Crippen LogP contribution in [0.25, 0.3) is 0 Å². The fraction of sp³-hybridized carbons (Fsp3) is 0.692. The van der Waals surface area contributed by atoms with Gasteiger partial charge in [0.2, 0.25) is 11.7 Å². The Balaban J connectivity index is 1.88. The van der Waals surface area contributed by atoms with E-state index in [2.05, 4.69) is 4.98 Å². The lowest BCUT2D eigenvalue weighted by Gasteiger charge is -2.00. The second kappa shape index (κ2) is 4.72. The molecule has 0 radical (unpaired) electrons. The fourth-order valence-electron chi connectivity index (χ4n) is 2.23. The van der Waals surface area contributed by atoms with Crippen molar-refractivity contribution in [3.63, 3.8) is 0 Å². The molecule has 1 saturated heterocycles. The highest BCUT2D eigenvalue weighted by atomic mass is 16.5. The van der Waals surface area contributed by atoms with Gasteiger partial charge < -0.3 is 13.9 Å². The summed E-state index contributed by atoms with van der Waals surface area (Å²) in [5.74, 6) is 1.12. The lowest BCUT2D eigenvalue weighted by atomic mass is 10.1. The van der Waals surface area contributed by atoms with Crippen LogP contribution in [-0.4, -0.2) is 30.8 Å². The Morgan fingerprint density at radius 1 is 1.39 bits per heavy atom. The van der Waals surface area contributed by atoms with Crippen LogP contribution in [0.3, 0.4) is 0 Å². The van der Waals surface area contributed by atoms with Crippen LogP contribution in [0.5, 0.6) is 0 Å². The number of nitrogens with zero attached hydrogens (tertiary/aromatic N) is 1. The van der Waals surface area contributed by atoms with Crippen molar-refractivity contribution in [3.05, 3.63) is 17.3 Å². The van der Waals surface area contributed by atoms with Crippen LogP contribution in [0.2, 0.25) is 0 Å². The molecule has 0 spiro atoms. The summed E-state index contributed by atoms with van der Waals surface area (Å²) in [5.41, 5.74) is 0.787. The van der Waals surface area contributed by atoms with E-state index in [4.69, 9.17) is 13.9 Å². The van der Waals surface area contributed by atoms with Gasteiger partial charge >= 0.3 is 5.97 Å². The maximum absolute atomic E-state index is 11.8. The van der Waals surface area contributed by atoms with Crippen molar-refractivity contribution in [1.82, 2.24) is 4.98 Å². The van der Waals surface area contributed by atoms with Crippen LogP contribution in [0, 0.1) is 0 Å². The van der Waals surface area contributed by atoms with Gasteiger partial charge in [0, 0.05) is 12.5 Å². The number of aromatic nitrogens is 1. The topological polar surface area (TPSA) is 61.6 Å². The predicted octanol–water partition coefficient (Wildman–Crippen LogP) is 2.23. The van der Waals surface area contributed by atoms with Crippen molar-refractivity contribution in [3.8, 4) is 0 Å². The smallest absolute Gasteiger partial charge is 0.376 e. The first-order valence-electron chi connectivity index (χ1n) is 6.55. The molecule has 5 nitrogen and oxygen atoms in total. The first-order chi connectivity index (χ1) is 8.79. The molecule has 0 aromatic carbocycles. The summed E-state index contributed by atoms with van der Waals surface area (Å²) in [5, 5.41) is 0. The predicted molar refractivity (Wildman–Crippen MR) is 62.6 cm³/mol. The average Bonchev–Trinajstić information content (AvgIpc) is 2.92. The Hall–Kier alpha value is -1.36. The van der Waals surface area contributed by atoms with E-state index < -0.39 is 5.97 Å². The first kappa shape index (κ1) is 11.7. The van der Waals surface area contributed by atoms with E-state index in [-0.39, 0.29) is 5.92 Å². The van der Waals surface area contributed by atoms with Crippen molar-refractivity contribution >= 4 is 5.97 Å². The van der Waals surface area contributed by atoms with Crippen LogP contribution in [0.1, 0.15) is 60.2 Å². The van der Waals surface area contributed by atoms with E-state index in [1.54, 1.807) is 6.92 Å². The Kier molecular flexibility index (Phi) is 3.07. The van der Waals surface area contributed by atoms with Gasteiger partial charge in [0.1, 0.15) is 0 Å². The number of rotatable bonds is 4. The maximum Gasteiger partial charge on any atom is 0.376 e. The molecule has 1 aliphatic heterocycles. The van der Waals surface area contributed by atoms with E-state index in [9.17, 15) is 4.79 Å². The fourth-order valence-corrected chi connectivity index (χ4v) is 2.23. The molecule has 0 N–H and O–H groups in total. The molecule has 2 fully saturated rings. The molecule has 3 rings (SSSR count). The highest BCUT2D eigenvalue weighted by molar-refractivity contribution is 5.87. The molecule has 2 heterocycles. The Bertz CT molecular complexity index is 444. The molecule has 1 saturated carbocycles.